The molecule has 2 aromatic carbocycles. The van der Waals surface area contributed by atoms with Crippen molar-refractivity contribution in [2.45, 2.75) is 9.79 Å². The summed E-state index contributed by atoms with van der Waals surface area (Å²) in [7, 11) is -9.43. The van der Waals surface area contributed by atoms with Gasteiger partial charge in [-0.25, -0.2) is 16.8 Å². The van der Waals surface area contributed by atoms with Crippen LogP contribution in [0.15, 0.2) is 46.2 Å². The van der Waals surface area contributed by atoms with Gasteiger partial charge in [-0.1, -0.05) is 0 Å². The maximum atomic E-state index is 10.4. The molecule has 0 bridgehead atoms. The van der Waals surface area contributed by atoms with E-state index in [-0.39, 0.29) is 34.6 Å². The summed E-state index contributed by atoms with van der Waals surface area (Å²) < 4.78 is 62.3. The summed E-state index contributed by atoms with van der Waals surface area (Å²) in [6.45, 7) is 0. The Balaban J connectivity index is 0.000000443. The fourth-order valence-electron chi connectivity index (χ4n) is 1.41. The first-order valence-corrected chi connectivity index (χ1v) is 8.60. The van der Waals surface area contributed by atoms with E-state index in [1.54, 1.807) is 0 Å². The van der Waals surface area contributed by atoms with Crippen LogP contribution in [0.1, 0.15) is 0 Å². The van der Waals surface area contributed by atoms with Crippen LogP contribution in [0.25, 0.3) is 0 Å². The molecule has 0 spiro atoms. The van der Waals surface area contributed by atoms with Gasteiger partial charge in [0.05, 0.1) is 9.79 Å². The Morgan fingerprint density at radius 1 is 0.640 bits per heavy atom. The van der Waals surface area contributed by atoms with Gasteiger partial charge in [-0.05, 0) is 24.3 Å². The van der Waals surface area contributed by atoms with Crippen LogP contribution in [0.5, 0.6) is 23.0 Å². The molecule has 0 heterocycles. The van der Waals surface area contributed by atoms with Gasteiger partial charge < -0.3 is 29.5 Å². The zero-order valence-electron chi connectivity index (χ0n) is 12.2. The number of rotatable bonds is 2. The molecule has 0 fully saturated rings. The molecular formula is C12H10MgO10S2. The van der Waals surface area contributed by atoms with E-state index in [0.717, 1.165) is 24.3 Å². The van der Waals surface area contributed by atoms with Crippen LogP contribution in [0.2, 0.25) is 0 Å². The van der Waals surface area contributed by atoms with E-state index in [2.05, 4.69) is 0 Å². The Morgan fingerprint density at radius 2 is 0.920 bits per heavy atom. The second-order valence-electron chi connectivity index (χ2n) is 4.21. The van der Waals surface area contributed by atoms with Gasteiger partial charge in [0.25, 0.3) is 0 Å². The van der Waals surface area contributed by atoms with Crippen molar-refractivity contribution in [3.63, 3.8) is 0 Å². The molecule has 0 radical (unpaired) electrons. The maximum Gasteiger partial charge on any atom is 2.00 e. The first-order chi connectivity index (χ1) is 10.8. The van der Waals surface area contributed by atoms with Crippen LogP contribution in [0.3, 0.4) is 0 Å². The molecule has 13 heteroatoms. The number of hydrogen-bond donors (Lipinski definition) is 4. The molecule has 0 unspecified atom stereocenters. The molecule has 25 heavy (non-hydrogen) atoms. The average Bonchev–Trinajstić information content (AvgIpc) is 2.42. The van der Waals surface area contributed by atoms with Gasteiger partial charge in [-0.2, -0.15) is 0 Å². The molecule has 10 nitrogen and oxygen atoms in total. The summed E-state index contributed by atoms with van der Waals surface area (Å²) in [6, 6.07) is 5.39. The summed E-state index contributed by atoms with van der Waals surface area (Å²) in [5.41, 5.74) is 0. The van der Waals surface area contributed by atoms with Crippen molar-refractivity contribution in [1.82, 2.24) is 0 Å². The Morgan fingerprint density at radius 3 is 1.12 bits per heavy atom. The summed E-state index contributed by atoms with van der Waals surface area (Å²) in [5.74, 6) is -2.10. The van der Waals surface area contributed by atoms with E-state index in [4.69, 9.17) is 20.4 Å². The minimum atomic E-state index is -4.72. The molecule has 0 aliphatic heterocycles. The van der Waals surface area contributed by atoms with E-state index in [1.807, 2.05) is 0 Å². The summed E-state index contributed by atoms with van der Waals surface area (Å²) in [4.78, 5) is -1.63. The molecule has 132 valence electrons. The minimum absolute atomic E-state index is 0. The minimum Gasteiger partial charge on any atom is -0.744 e. The third kappa shape index (κ3) is 6.93. The zero-order chi connectivity index (χ0) is 18.7. The molecule has 0 atom stereocenters. The van der Waals surface area contributed by atoms with Crippen LogP contribution in [0, 0.1) is 0 Å². The summed E-state index contributed by atoms with van der Waals surface area (Å²) >= 11 is 0. The van der Waals surface area contributed by atoms with E-state index >= 15 is 0 Å². The van der Waals surface area contributed by atoms with Gasteiger partial charge in [0.15, 0.2) is 0 Å². The molecule has 0 saturated heterocycles. The quantitative estimate of drug-likeness (QED) is 0.292. The van der Waals surface area contributed by atoms with Crippen molar-refractivity contribution in [2.75, 3.05) is 0 Å². The maximum absolute atomic E-state index is 10.4. The Bertz CT molecular complexity index is 874. The van der Waals surface area contributed by atoms with Crippen LogP contribution in [-0.2, 0) is 20.2 Å². The van der Waals surface area contributed by atoms with Crippen LogP contribution < -0.4 is 0 Å². The molecule has 0 aliphatic rings. The van der Waals surface area contributed by atoms with Gasteiger partial charge in [0.2, 0.25) is 0 Å². The monoisotopic (exact) mass is 402 g/mol. The second-order valence-corrected chi connectivity index (χ2v) is 6.91. The van der Waals surface area contributed by atoms with Gasteiger partial charge >= 0.3 is 23.1 Å². The fraction of sp³-hybridized carbons (Fsp3) is 0. The van der Waals surface area contributed by atoms with Crippen LogP contribution in [0.4, 0.5) is 0 Å². The predicted molar refractivity (Wildman–Crippen MR) is 81.2 cm³/mol. The molecular weight excluding hydrogens is 393 g/mol. The standard InChI is InChI=1S/2C6H6O5S.Mg/c2*7-4-1-2-5(8)6(3-4)12(9,10)11;/h2*1-3,7-8H,(H,9,10,11);/q;;+2/p-2. The third-order valence-electron chi connectivity index (χ3n) is 2.43. The van der Waals surface area contributed by atoms with Gasteiger partial charge in [-0.15, -0.1) is 0 Å². The molecule has 0 aromatic heterocycles. The number of aromatic hydroxyl groups is 4. The van der Waals surface area contributed by atoms with Crippen LogP contribution >= 0.6 is 0 Å². The SMILES string of the molecule is O=S(=O)([O-])c1cc(O)ccc1O.O=S(=O)([O-])c1cc(O)ccc1O.[Mg+2]. The molecule has 4 N–H and O–H groups in total. The molecule has 2 aromatic rings. The third-order valence-corrected chi connectivity index (χ3v) is 4.16. The Kier molecular flexibility index (Phi) is 7.94. The zero-order valence-corrected chi connectivity index (χ0v) is 15.3. The van der Waals surface area contributed by atoms with Gasteiger partial charge in [0, 0.05) is 12.1 Å². The van der Waals surface area contributed by atoms with E-state index in [1.165, 1.54) is 0 Å². The molecule has 0 aliphatic carbocycles. The molecule has 2 rings (SSSR count). The van der Waals surface area contributed by atoms with Crippen molar-refractivity contribution >= 4 is 43.3 Å². The average molecular weight is 403 g/mol. The van der Waals surface area contributed by atoms with Gasteiger partial charge in [0.1, 0.15) is 43.2 Å². The first-order valence-electron chi connectivity index (χ1n) is 5.78. The molecule has 0 saturated carbocycles. The number of phenolic OH excluding ortho intramolecular Hbond substituents is 4. The molecule has 0 amide bonds. The smallest absolute Gasteiger partial charge is 0.744 e. The number of phenols is 4. The Labute approximate surface area is 158 Å². The fourth-order valence-corrected chi connectivity index (χ4v) is 2.58. The van der Waals surface area contributed by atoms with E-state index in [0.29, 0.717) is 12.1 Å². The normalized spacial score (nSPS) is 11.0. The van der Waals surface area contributed by atoms with Crippen molar-refractivity contribution < 1.29 is 46.4 Å². The Hall–Kier alpha value is -1.77. The first kappa shape index (κ1) is 23.2. The second kappa shape index (κ2) is 8.55. The number of hydrogen-bond acceptors (Lipinski definition) is 10. The van der Waals surface area contributed by atoms with E-state index < -0.39 is 41.5 Å². The largest absolute Gasteiger partial charge is 2.00 e. The van der Waals surface area contributed by atoms with Crippen LogP contribution in [-0.4, -0.2) is 69.4 Å². The van der Waals surface area contributed by atoms with Crippen molar-refractivity contribution in [3.05, 3.63) is 36.4 Å². The number of benzene rings is 2. The van der Waals surface area contributed by atoms with Gasteiger partial charge in [-0.3, -0.25) is 0 Å². The summed E-state index contributed by atoms with van der Waals surface area (Å²) in [5, 5.41) is 35.3. The van der Waals surface area contributed by atoms with Crippen molar-refractivity contribution in [2.24, 2.45) is 0 Å². The van der Waals surface area contributed by atoms with E-state index in [9.17, 15) is 25.9 Å². The van der Waals surface area contributed by atoms with Crippen molar-refractivity contribution in [3.8, 4) is 23.0 Å². The van der Waals surface area contributed by atoms with Crippen molar-refractivity contribution in [1.29, 1.82) is 0 Å². The topological polar surface area (TPSA) is 195 Å². The summed E-state index contributed by atoms with van der Waals surface area (Å²) in [6.07, 6.45) is 0. The predicted octanol–water partition coefficient (Wildman–Crippen LogP) is -0.377.